The molecule has 10 heteroatoms. The van der Waals surface area contributed by atoms with Gasteiger partial charge in [-0.2, -0.15) is 0 Å². The number of para-hydroxylation sites is 1. The summed E-state index contributed by atoms with van der Waals surface area (Å²) in [5, 5.41) is 9.78. The number of hydrogen-bond donors (Lipinski definition) is 2. The predicted octanol–water partition coefficient (Wildman–Crippen LogP) is 4.50. The van der Waals surface area contributed by atoms with Crippen molar-refractivity contribution < 1.29 is 9.59 Å². The van der Waals surface area contributed by atoms with Crippen LogP contribution in [0.3, 0.4) is 0 Å². The summed E-state index contributed by atoms with van der Waals surface area (Å²) in [4.78, 5) is 44.0. The van der Waals surface area contributed by atoms with Gasteiger partial charge in [0, 0.05) is 21.9 Å². The lowest BCUT2D eigenvalue weighted by atomic mass is 10.2. The smallest absolute Gasteiger partial charge is 0.321 e. The van der Waals surface area contributed by atoms with Crippen LogP contribution in [0.25, 0.3) is 26.3 Å². The molecular formula is C22H20N4O3S3. The Kier molecular flexibility index (Phi) is 6.73. The Morgan fingerprint density at radius 2 is 1.91 bits per heavy atom. The molecular weight excluding hydrogens is 464 g/mol. The molecule has 4 rings (SSSR count). The van der Waals surface area contributed by atoms with Crippen molar-refractivity contribution in [3.63, 3.8) is 0 Å². The van der Waals surface area contributed by atoms with Gasteiger partial charge in [0.1, 0.15) is 4.83 Å². The van der Waals surface area contributed by atoms with Crippen molar-refractivity contribution in [2.45, 2.75) is 25.0 Å². The van der Waals surface area contributed by atoms with E-state index in [2.05, 4.69) is 10.6 Å². The first-order valence-corrected chi connectivity index (χ1v) is 12.5. The maximum absolute atomic E-state index is 13.6. The van der Waals surface area contributed by atoms with Gasteiger partial charge in [0.05, 0.1) is 16.8 Å². The van der Waals surface area contributed by atoms with Gasteiger partial charge < -0.3 is 5.32 Å². The van der Waals surface area contributed by atoms with E-state index in [9.17, 15) is 14.4 Å². The molecule has 0 unspecified atom stereocenters. The fourth-order valence-electron chi connectivity index (χ4n) is 3.08. The van der Waals surface area contributed by atoms with E-state index in [1.165, 1.54) is 15.9 Å². The minimum atomic E-state index is -0.548. The first kappa shape index (κ1) is 22.3. The minimum absolute atomic E-state index is 0.0561. The van der Waals surface area contributed by atoms with Crippen molar-refractivity contribution in [1.82, 2.24) is 20.2 Å². The first-order valence-electron chi connectivity index (χ1n) is 9.80. The van der Waals surface area contributed by atoms with E-state index in [0.29, 0.717) is 21.1 Å². The fraction of sp³-hybridized carbons (Fsp3) is 0.182. The molecule has 164 valence electrons. The molecule has 32 heavy (non-hydrogen) atoms. The number of benzene rings is 1. The molecule has 0 radical (unpaired) electrons. The molecule has 3 amide bonds. The Labute approximate surface area is 196 Å². The zero-order valence-corrected chi connectivity index (χ0v) is 19.8. The molecule has 0 atom stereocenters. The maximum Gasteiger partial charge on any atom is 0.321 e. The van der Waals surface area contributed by atoms with Crippen molar-refractivity contribution in [3.05, 3.63) is 63.6 Å². The lowest BCUT2D eigenvalue weighted by Gasteiger charge is -2.13. The van der Waals surface area contributed by atoms with Crippen molar-refractivity contribution in [1.29, 1.82) is 0 Å². The molecule has 0 spiro atoms. The number of fused-ring (bicyclic) bond motifs is 1. The second-order valence-corrected chi connectivity index (χ2v) is 9.89. The molecule has 3 aromatic heterocycles. The molecule has 1 aromatic carbocycles. The van der Waals surface area contributed by atoms with Crippen LogP contribution in [0, 0.1) is 0 Å². The minimum Gasteiger partial charge on any atom is -0.336 e. The van der Waals surface area contributed by atoms with Crippen LogP contribution in [0.1, 0.15) is 13.8 Å². The van der Waals surface area contributed by atoms with Gasteiger partial charge in [-0.1, -0.05) is 36.0 Å². The summed E-state index contributed by atoms with van der Waals surface area (Å²) in [6.07, 6.45) is 0. The Balaban J connectivity index is 1.71. The van der Waals surface area contributed by atoms with E-state index >= 15 is 0 Å². The SMILES string of the molecule is CC(C)NC(=O)NC(=O)CSc1nc2scc(-c3cccs3)c2c(=O)n1-c1ccccc1. The van der Waals surface area contributed by atoms with Crippen LogP contribution in [0.4, 0.5) is 4.79 Å². The third kappa shape index (κ3) is 4.77. The number of thioether (sulfide) groups is 1. The highest BCUT2D eigenvalue weighted by Gasteiger charge is 2.20. The molecule has 0 aliphatic carbocycles. The van der Waals surface area contributed by atoms with E-state index in [0.717, 1.165) is 22.2 Å². The van der Waals surface area contributed by atoms with Gasteiger partial charge in [-0.3, -0.25) is 19.5 Å². The molecule has 0 fully saturated rings. The van der Waals surface area contributed by atoms with Gasteiger partial charge >= 0.3 is 6.03 Å². The molecule has 4 aromatic rings. The summed E-state index contributed by atoms with van der Waals surface area (Å²) in [6.45, 7) is 3.62. The van der Waals surface area contributed by atoms with Gasteiger partial charge in [0.2, 0.25) is 5.91 Å². The lowest BCUT2D eigenvalue weighted by Crippen LogP contribution is -2.43. The van der Waals surface area contributed by atoms with Crippen LogP contribution in [0.15, 0.2) is 63.2 Å². The van der Waals surface area contributed by atoms with E-state index in [4.69, 9.17) is 4.98 Å². The van der Waals surface area contributed by atoms with Crippen molar-refractivity contribution in [2.24, 2.45) is 0 Å². The number of hydrogen-bond acceptors (Lipinski definition) is 7. The second-order valence-electron chi connectivity index (χ2n) is 7.14. The number of imide groups is 1. The van der Waals surface area contributed by atoms with Crippen LogP contribution in [-0.4, -0.2) is 33.3 Å². The number of aromatic nitrogens is 2. The topological polar surface area (TPSA) is 93.1 Å². The Hall–Kier alpha value is -2.95. The summed E-state index contributed by atoms with van der Waals surface area (Å²) < 4.78 is 1.53. The molecule has 0 aliphatic rings. The van der Waals surface area contributed by atoms with Gasteiger partial charge in [0.25, 0.3) is 5.56 Å². The third-order valence-corrected chi connectivity index (χ3v) is 7.10. The molecule has 0 aliphatic heterocycles. The average Bonchev–Trinajstić information content (AvgIpc) is 3.42. The highest BCUT2D eigenvalue weighted by molar-refractivity contribution is 7.99. The number of carbonyl (C=O) groups excluding carboxylic acids is 2. The Bertz CT molecular complexity index is 1310. The van der Waals surface area contributed by atoms with Crippen molar-refractivity contribution >= 4 is 56.6 Å². The summed E-state index contributed by atoms with van der Waals surface area (Å²) in [7, 11) is 0. The molecule has 7 nitrogen and oxygen atoms in total. The molecule has 3 heterocycles. The van der Waals surface area contributed by atoms with Crippen LogP contribution in [0.5, 0.6) is 0 Å². The van der Waals surface area contributed by atoms with E-state index in [1.807, 2.05) is 67.1 Å². The largest absolute Gasteiger partial charge is 0.336 e. The highest BCUT2D eigenvalue weighted by atomic mass is 32.2. The van der Waals surface area contributed by atoms with Crippen LogP contribution in [-0.2, 0) is 4.79 Å². The third-order valence-electron chi connectivity index (χ3n) is 4.38. The normalized spacial score (nSPS) is 11.1. The monoisotopic (exact) mass is 484 g/mol. The quantitative estimate of drug-likeness (QED) is 0.310. The van der Waals surface area contributed by atoms with Crippen LogP contribution >= 0.6 is 34.4 Å². The summed E-state index contributed by atoms with van der Waals surface area (Å²) >= 11 is 4.08. The zero-order chi connectivity index (χ0) is 22.7. The van der Waals surface area contributed by atoms with E-state index in [1.54, 1.807) is 11.3 Å². The number of amides is 3. The van der Waals surface area contributed by atoms with Crippen LogP contribution in [0.2, 0.25) is 0 Å². The number of thiophene rings is 2. The van der Waals surface area contributed by atoms with Crippen molar-refractivity contribution in [2.75, 3.05) is 5.75 Å². The van der Waals surface area contributed by atoms with Gasteiger partial charge in [0.15, 0.2) is 5.16 Å². The molecule has 0 bridgehead atoms. The number of urea groups is 1. The molecule has 2 N–H and O–H groups in total. The van der Waals surface area contributed by atoms with Crippen LogP contribution < -0.4 is 16.2 Å². The van der Waals surface area contributed by atoms with Gasteiger partial charge in [-0.25, -0.2) is 9.78 Å². The highest BCUT2D eigenvalue weighted by Crippen LogP contribution is 2.35. The zero-order valence-electron chi connectivity index (χ0n) is 17.3. The second kappa shape index (κ2) is 9.68. The lowest BCUT2D eigenvalue weighted by molar-refractivity contribution is -0.117. The average molecular weight is 485 g/mol. The Morgan fingerprint density at radius 3 is 2.59 bits per heavy atom. The molecule has 0 saturated carbocycles. The van der Waals surface area contributed by atoms with E-state index < -0.39 is 11.9 Å². The number of rotatable bonds is 6. The standard InChI is InChI=1S/C22H20N4O3S3/c1-13(2)23-21(29)24-17(27)12-32-22-25-19-18(15(11-31-19)16-9-6-10-30-16)20(28)26(22)14-7-4-3-5-8-14/h3-11,13H,12H2,1-2H3,(H2,23,24,27,29). The summed E-state index contributed by atoms with van der Waals surface area (Å²) in [5.41, 5.74) is 1.34. The summed E-state index contributed by atoms with van der Waals surface area (Å²) in [6, 6.07) is 12.5. The number of carbonyl (C=O) groups is 2. The fourth-order valence-corrected chi connectivity index (χ4v) is 5.69. The molecule has 0 saturated heterocycles. The number of nitrogens with one attached hydrogen (secondary N) is 2. The Morgan fingerprint density at radius 1 is 1.12 bits per heavy atom. The van der Waals surface area contributed by atoms with Gasteiger partial charge in [-0.05, 0) is 37.4 Å². The van der Waals surface area contributed by atoms with E-state index in [-0.39, 0.29) is 17.4 Å². The first-order chi connectivity index (χ1) is 15.4. The van der Waals surface area contributed by atoms with Crippen molar-refractivity contribution in [3.8, 4) is 16.1 Å². The predicted molar refractivity (Wildman–Crippen MR) is 131 cm³/mol. The summed E-state index contributed by atoms with van der Waals surface area (Å²) in [5.74, 6) is -0.521. The number of nitrogens with zero attached hydrogens (tertiary/aromatic N) is 2. The van der Waals surface area contributed by atoms with Gasteiger partial charge in [-0.15, -0.1) is 22.7 Å². The maximum atomic E-state index is 13.6.